The number of sulfone groups is 1. The van der Waals surface area contributed by atoms with Crippen molar-refractivity contribution in [3.8, 4) is 5.75 Å². The van der Waals surface area contributed by atoms with Crippen LogP contribution in [0.1, 0.15) is 24.1 Å². The first-order valence-corrected chi connectivity index (χ1v) is 8.91. The van der Waals surface area contributed by atoms with Gasteiger partial charge in [-0.3, -0.25) is 0 Å². The maximum absolute atomic E-state index is 11.7. The van der Waals surface area contributed by atoms with Gasteiger partial charge in [0.05, 0.1) is 7.11 Å². The molecule has 2 aromatic rings. The quantitative estimate of drug-likeness (QED) is 0.915. The highest BCUT2D eigenvalue weighted by molar-refractivity contribution is 7.90. The first-order valence-electron chi connectivity index (χ1n) is 7.02. The van der Waals surface area contributed by atoms with Gasteiger partial charge in [-0.15, -0.1) is 0 Å². The van der Waals surface area contributed by atoms with Crippen LogP contribution >= 0.6 is 0 Å². The van der Waals surface area contributed by atoms with Crippen LogP contribution in [0.5, 0.6) is 5.75 Å². The van der Waals surface area contributed by atoms with Gasteiger partial charge in [-0.1, -0.05) is 18.2 Å². The summed E-state index contributed by atoms with van der Waals surface area (Å²) in [5.41, 5.74) is 3.17. The predicted octanol–water partition coefficient (Wildman–Crippen LogP) is 3.58. The fourth-order valence-electron chi connectivity index (χ4n) is 2.33. The van der Waals surface area contributed by atoms with Crippen molar-refractivity contribution in [1.82, 2.24) is 0 Å². The summed E-state index contributed by atoms with van der Waals surface area (Å²) in [4.78, 5) is 0.210. The Morgan fingerprint density at radius 1 is 1.14 bits per heavy atom. The van der Waals surface area contributed by atoms with Gasteiger partial charge >= 0.3 is 0 Å². The smallest absolute Gasteiger partial charge is 0.179 e. The standard InChI is InChI=1S/C17H21NO3S/c1-12-6-5-7-15(10-12)18-13(2)14-8-9-17(22(4,19)20)16(11-14)21-3/h5-11,13,18H,1-4H3/t13-/m0/s1. The van der Waals surface area contributed by atoms with E-state index in [0.29, 0.717) is 5.75 Å². The number of hydrogen-bond donors (Lipinski definition) is 1. The normalized spacial score (nSPS) is 12.7. The molecule has 22 heavy (non-hydrogen) atoms. The summed E-state index contributed by atoms with van der Waals surface area (Å²) < 4.78 is 28.7. The lowest BCUT2D eigenvalue weighted by atomic mass is 10.1. The maximum Gasteiger partial charge on any atom is 0.179 e. The summed E-state index contributed by atoms with van der Waals surface area (Å²) in [6.45, 7) is 4.07. The van der Waals surface area contributed by atoms with Crippen LogP contribution < -0.4 is 10.1 Å². The fraction of sp³-hybridized carbons (Fsp3) is 0.294. The van der Waals surface area contributed by atoms with Crippen LogP contribution in [0, 0.1) is 6.92 Å². The number of anilines is 1. The molecule has 0 spiro atoms. The molecule has 0 saturated heterocycles. The predicted molar refractivity (Wildman–Crippen MR) is 89.3 cm³/mol. The fourth-order valence-corrected chi connectivity index (χ4v) is 3.15. The van der Waals surface area contributed by atoms with E-state index in [0.717, 1.165) is 11.3 Å². The van der Waals surface area contributed by atoms with Crippen molar-refractivity contribution in [3.05, 3.63) is 53.6 Å². The highest BCUT2D eigenvalue weighted by Gasteiger charge is 2.16. The number of ether oxygens (including phenoxy) is 1. The molecule has 1 N–H and O–H groups in total. The summed E-state index contributed by atoms with van der Waals surface area (Å²) in [6, 6.07) is 13.3. The largest absolute Gasteiger partial charge is 0.495 e. The average Bonchev–Trinajstić information content (AvgIpc) is 2.45. The summed E-state index contributed by atoms with van der Waals surface area (Å²) >= 11 is 0. The van der Waals surface area contributed by atoms with Gasteiger partial charge in [0.2, 0.25) is 0 Å². The second kappa shape index (κ2) is 6.40. The molecule has 0 fully saturated rings. The Labute approximate surface area is 132 Å². The molecule has 0 saturated carbocycles. The Bertz CT molecular complexity index is 769. The molecule has 0 aliphatic rings. The average molecular weight is 319 g/mol. The molecular formula is C17H21NO3S. The van der Waals surface area contributed by atoms with Crippen molar-refractivity contribution >= 4 is 15.5 Å². The Balaban J connectivity index is 2.29. The second-order valence-electron chi connectivity index (χ2n) is 5.42. The molecule has 0 unspecified atom stereocenters. The van der Waals surface area contributed by atoms with Gasteiger partial charge in [0.25, 0.3) is 0 Å². The van der Waals surface area contributed by atoms with Crippen LogP contribution in [-0.4, -0.2) is 21.8 Å². The van der Waals surface area contributed by atoms with Crippen molar-refractivity contribution in [2.24, 2.45) is 0 Å². The second-order valence-corrected chi connectivity index (χ2v) is 7.40. The molecule has 118 valence electrons. The minimum atomic E-state index is -3.30. The highest BCUT2D eigenvalue weighted by atomic mass is 32.2. The minimum absolute atomic E-state index is 0.0318. The Morgan fingerprint density at radius 3 is 2.45 bits per heavy atom. The minimum Gasteiger partial charge on any atom is -0.495 e. The van der Waals surface area contributed by atoms with Crippen LogP contribution in [0.25, 0.3) is 0 Å². The first kappa shape index (κ1) is 16.4. The molecule has 0 amide bonds. The SMILES string of the molecule is COc1cc([C@H](C)Nc2cccc(C)c2)ccc1S(C)(=O)=O. The third kappa shape index (κ3) is 3.80. The molecule has 4 nitrogen and oxygen atoms in total. The number of methoxy groups -OCH3 is 1. The van der Waals surface area contributed by atoms with Crippen molar-refractivity contribution in [3.63, 3.8) is 0 Å². The van der Waals surface area contributed by atoms with Gasteiger partial charge in [0.1, 0.15) is 10.6 Å². The van der Waals surface area contributed by atoms with Crippen molar-refractivity contribution in [2.45, 2.75) is 24.8 Å². The molecule has 0 aliphatic carbocycles. The lowest BCUT2D eigenvalue weighted by Crippen LogP contribution is -2.08. The van der Waals surface area contributed by atoms with Gasteiger partial charge in [-0.25, -0.2) is 8.42 Å². The molecule has 5 heteroatoms. The van der Waals surface area contributed by atoms with Crippen LogP contribution in [0.4, 0.5) is 5.69 Å². The number of hydrogen-bond acceptors (Lipinski definition) is 4. The van der Waals surface area contributed by atoms with E-state index in [2.05, 4.69) is 11.4 Å². The van der Waals surface area contributed by atoms with Gasteiger partial charge in [-0.05, 0) is 49.2 Å². The lowest BCUT2D eigenvalue weighted by Gasteiger charge is -2.18. The Hall–Kier alpha value is -2.01. The summed E-state index contributed by atoms with van der Waals surface area (Å²) in [6.07, 6.45) is 1.18. The van der Waals surface area contributed by atoms with Gasteiger partial charge in [-0.2, -0.15) is 0 Å². The van der Waals surface area contributed by atoms with E-state index in [4.69, 9.17) is 4.74 Å². The summed E-state index contributed by atoms with van der Waals surface area (Å²) in [5.74, 6) is 0.373. The number of rotatable bonds is 5. The molecular weight excluding hydrogens is 298 g/mol. The Morgan fingerprint density at radius 2 is 1.86 bits per heavy atom. The molecule has 0 bridgehead atoms. The van der Waals surface area contributed by atoms with E-state index < -0.39 is 9.84 Å². The van der Waals surface area contributed by atoms with Gasteiger partial charge in [0, 0.05) is 18.0 Å². The first-order chi connectivity index (χ1) is 10.3. The van der Waals surface area contributed by atoms with Crippen LogP contribution in [0.3, 0.4) is 0 Å². The molecule has 0 aliphatic heterocycles. The van der Waals surface area contributed by atoms with Crippen LogP contribution in [-0.2, 0) is 9.84 Å². The van der Waals surface area contributed by atoms with E-state index in [1.54, 1.807) is 12.1 Å². The van der Waals surface area contributed by atoms with E-state index in [-0.39, 0.29) is 10.9 Å². The molecule has 1 atom stereocenters. The third-order valence-electron chi connectivity index (χ3n) is 3.49. The van der Waals surface area contributed by atoms with Crippen molar-refractivity contribution in [1.29, 1.82) is 0 Å². The Kier molecular flexibility index (Phi) is 4.76. The zero-order valence-electron chi connectivity index (χ0n) is 13.3. The summed E-state index contributed by atoms with van der Waals surface area (Å²) in [5, 5.41) is 3.40. The lowest BCUT2D eigenvalue weighted by molar-refractivity contribution is 0.402. The van der Waals surface area contributed by atoms with Crippen molar-refractivity contribution < 1.29 is 13.2 Å². The van der Waals surface area contributed by atoms with E-state index in [1.165, 1.54) is 18.9 Å². The molecule has 0 heterocycles. The molecule has 2 aromatic carbocycles. The third-order valence-corrected chi connectivity index (χ3v) is 4.62. The van der Waals surface area contributed by atoms with Crippen LogP contribution in [0.15, 0.2) is 47.4 Å². The topological polar surface area (TPSA) is 55.4 Å². The highest BCUT2D eigenvalue weighted by Crippen LogP contribution is 2.29. The molecule has 0 aromatic heterocycles. The summed E-state index contributed by atoms with van der Waals surface area (Å²) in [7, 11) is -1.82. The number of nitrogens with one attached hydrogen (secondary N) is 1. The van der Waals surface area contributed by atoms with Crippen molar-refractivity contribution in [2.75, 3.05) is 18.7 Å². The zero-order chi connectivity index (χ0) is 16.3. The van der Waals surface area contributed by atoms with E-state index in [9.17, 15) is 8.42 Å². The zero-order valence-corrected chi connectivity index (χ0v) is 14.1. The number of aryl methyl sites for hydroxylation is 1. The molecule has 2 rings (SSSR count). The maximum atomic E-state index is 11.7. The number of benzene rings is 2. The van der Waals surface area contributed by atoms with E-state index >= 15 is 0 Å². The van der Waals surface area contributed by atoms with Gasteiger partial charge in [0.15, 0.2) is 9.84 Å². The van der Waals surface area contributed by atoms with Crippen LogP contribution in [0.2, 0.25) is 0 Å². The van der Waals surface area contributed by atoms with Gasteiger partial charge < -0.3 is 10.1 Å². The molecule has 0 radical (unpaired) electrons. The van der Waals surface area contributed by atoms with E-state index in [1.807, 2.05) is 38.1 Å². The monoisotopic (exact) mass is 319 g/mol.